The number of carboxylic acid groups (broad SMARTS) is 1. The van der Waals surface area contributed by atoms with Gasteiger partial charge in [0.15, 0.2) is 16.6 Å². The summed E-state index contributed by atoms with van der Waals surface area (Å²) in [6, 6.07) is 9.42. The molecule has 0 bridgehead atoms. The molecule has 0 radical (unpaired) electrons. The lowest BCUT2D eigenvalue weighted by Crippen LogP contribution is -2.34. The third kappa shape index (κ3) is 3.69. The molecule has 2 aromatic rings. The molecule has 0 aliphatic carbocycles. The van der Waals surface area contributed by atoms with Crippen molar-refractivity contribution >= 4 is 34.9 Å². The predicted molar refractivity (Wildman–Crippen MR) is 94.4 cm³/mol. The van der Waals surface area contributed by atoms with Crippen LogP contribution in [-0.4, -0.2) is 28.9 Å². The highest BCUT2D eigenvalue weighted by molar-refractivity contribution is 7.80. The maximum atomic E-state index is 12.3. The molecule has 0 aromatic heterocycles. The summed E-state index contributed by atoms with van der Waals surface area (Å²) in [5.41, 5.74) is 1.87. The Labute approximate surface area is 148 Å². The van der Waals surface area contributed by atoms with E-state index in [2.05, 4.69) is 10.6 Å². The Kier molecular flexibility index (Phi) is 4.53. The van der Waals surface area contributed by atoms with E-state index >= 15 is 0 Å². The van der Waals surface area contributed by atoms with Crippen molar-refractivity contribution in [3.63, 3.8) is 0 Å². The Hall–Kier alpha value is -3.13. The summed E-state index contributed by atoms with van der Waals surface area (Å²) >= 11 is 5.14. The van der Waals surface area contributed by atoms with Crippen LogP contribution in [0.2, 0.25) is 0 Å². The van der Waals surface area contributed by atoms with Gasteiger partial charge in [0.25, 0.3) is 5.91 Å². The Bertz CT molecular complexity index is 881. The number of fused-ring (bicyclic) bond motifs is 1. The first kappa shape index (κ1) is 16.7. The molecule has 0 spiro atoms. The molecular formula is C17H14N2O5S. The van der Waals surface area contributed by atoms with Gasteiger partial charge in [-0.15, -0.1) is 0 Å². The van der Waals surface area contributed by atoms with Gasteiger partial charge in [-0.3, -0.25) is 10.1 Å². The third-order valence-corrected chi connectivity index (χ3v) is 3.79. The number of benzene rings is 2. The summed E-state index contributed by atoms with van der Waals surface area (Å²) in [7, 11) is 0. The molecule has 7 nitrogen and oxygen atoms in total. The Balaban J connectivity index is 1.66. The van der Waals surface area contributed by atoms with E-state index in [9.17, 15) is 9.59 Å². The molecule has 0 atom stereocenters. The monoisotopic (exact) mass is 358 g/mol. The zero-order chi connectivity index (χ0) is 18.0. The average molecular weight is 358 g/mol. The van der Waals surface area contributed by atoms with Gasteiger partial charge >= 0.3 is 5.97 Å². The second-order valence-electron chi connectivity index (χ2n) is 5.31. The standard InChI is InChI=1S/C17H14N2O5S/c1-9-6-11(16(21)22)2-4-12(9)18-17(25)19-15(20)10-3-5-13-14(7-10)24-8-23-13/h2-7H,8H2,1H3,(H,21,22)(H2,18,19,20,25). The lowest BCUT2D eigenvalue weighted by Gasteiger charge is -2.12. The molecule has 128 valence electrons. The summed E-state index contributed by atoms with van der Waals surface area (Å²) in [5, 5.41) is 14.5. The van der Waals surface area contributed by atoms with E-state index in [-0.39, 0.29) is 17.5 Å². The van der Waals surface area contributed by atoms with E-state index in [0.717, 1.165) is 0 Å². The van der Waals surface area contributed by atoms with Crippen molar-refractivity contribution in [1.29, 1.82) is 0 Å². The molecule has 25 heavy (non-hydrogen) atoms. The van der Waals surface area contributed by atoms with Crippen molar-refractivity contribution in [3.8, 4) is 11.5 Å². The van der Waals surface area contributed by atoms with E-state index in [0.29, 0.717) is 28.3 Å². The fourth-order valence-corrected chi connectivity index (χ4v) is 2.51. The van der Waals surface area contributed by atoms with Crippen molar-refractivity contribution in [3.05, 3.63) is 53.1 Å². The number of hydrogen-bond acceptors (Lipinski definition) is 5. The van der Waals surface area contributed by atoms with Crippen molar-refractivity contribution < 1.29 is 24.2 Å². The molecule has 0 unspecified atom stereocenters. The zero-order valence-corrected chi connectivity index (χ0v) is 14.0. The van der Waals surface area contributed by atoms with Crippen LogP contribution in [0.4, 0.5) is 5.69 Å². The molecule has 2 aromatic carbocycles. The van der Waals surface area contributed by atoms with Gasteiger partial charge < -0.3 is 19.9 Å². The molecule has 1 heterocycles. The van der Waals surface area contributed by atoms with Crippen molar-refractivity contribution in [2.45, 2.75) is 6.92 Å². The van der Waals surface area contributed by atoms with E-state index in [1.54, 1.807) is 31.2 Å². The van der Waals surface area contributed by atoms with Crippen LogP contribution < -0.4 is 20.1 Å². The van der Waals surface area contributed by atoms with Crippen LogP contribution in [-0.2, 0) is 0 Å². The lowest BCUT2D eigenvalue weighted by atomic mass is 10.1. The smallest absolute Gasteiger partial charge is 0.335 e. The molecule has 3 rings (SSSR count). The summed E-state index contributed by atoms with van der Waals surface area (Å²) < 4.78 is 10.4. The molecule has 1 aliphatic rings. The van der Waals surface area contributed by atoms with Crippen molar-refractivity contribution in [1.82, 2.24) is 5.32 Å². The van der Waals surface area contributed by atoms with Crippen LogP contribution in [0.3, 0.4) is 0 Å². The number of anilines is 1. The third-order valence-electron chi connectivity index (χ3n) is 3.58. The van der Waals surface area contributed by atoms with Crippen LogP contribution >= 0.6 is 12.2 Å². The number of nitrogens with one attached hydrogen (secondary N) is 2. The molecule has 8 heteroatoms. The Morgan fingerprint density at radius 2 is 1.80 bits per heavy atom. The number of aromatic carboxylic acids is 1. The van der Waals surface area contributed by atoms with Crippen LogP contribution in [0.1, 0.15) is 26.3 Å². The van der Waals surface area contributed by atoms with Gasteiger partial charge in [0.1, 0.15) is 0 Å². The first-order valence-corrected chi connectivity index (χ1v) is 7.71. The van der Waals surface area contributed by atoms with Crippen LogP contribution in [0.25, 0.3) is 0 Å². The maximum absolute atomic E-state index is 12.3. The van der Waals surface area contributed by atoms with E-state index in [1.807, 2.05) is 0 Å². The first-order chi connectivity index (χ1) is 11.9. The van der Waals surface area contributed by atoms with Gasteiger partial charge in [-0.05, 0) is 61.1 Å². The Morgan fingerprint density at radius 1 is 1.08 bits per heavy atom. The maximum Gasteiger partial charge on any atom is 0.335 e. The highest BCUT2D eigenvalue weighted by atomic mass is 32.1. The number of carboxylic acids is 1. The highest BCUT2D eigenvalue weighted by Gasteiger charge is 2.17. The minimum atomic E-state index is -1.01. The quantitative estimate of drug-likeness (QED) is 0.726. The fraction of sp³-hybridized carbons (Fsp3) is 0.118. The normalized spacial score (nSPS) is 11.7. The van der Waals surface area contributed by atoms with E-state index in [1.165, 1.54) is 12.1 Å². The minimum absolute atomic E-state index is 0.105. The molecule has 0 saturated carbocycles. The number of rotatable bonds is 3. The van der Waals surface area contributed by atoms with Gasteiger partial charge in [-0.2, -0.15) is 0 Å². The fourth-order valence-electron chi connectivity index (χ4n) is 2.30. The number of ether oxygens (including phenoxy) is 2. The summed E-state index contributed by atoms with van der Waals surface area (Å²) in [5.74, 6) is -0.304. The molecule has 0 fully saturated rings. The Morgan fingerprint density at radius 3 is 2.52 bits per heavy atom. The second-order valence-corrected chi connectivity index (χ2v) is 5.72. The van der Waals surface area contributed by atoms with Gasteiger partial charge in [0.2, 0.25) is 6.79 Å². The first-order valence-electron chi connectivity index (χ1n) is 7.30. The van der Waals surface area contributed by atoms with Gasteiger partial charge in [-0.1, -0.05) is 0 Å². The van der Waals surface area contributed by atoms with Crippen LogP contribution in [0, 0.1) is 6.92 Å². The number of carbonyl (C=O) groups is 2. The molecule has 1 aliphatic heterocycles. The lowest BCUT2D eigenvalue weighted by molar-refractivity contribution is 0.0696. The summed E-state index contributed by atoms with van der Waals surface area (Å²) in [6.07, 6.45) is 0. The van der Waals surface area contributed by atoms with Gasteiger partial charge in [-0.25, -0.2) is 4.79 Å². The number of thiocarbonyl (C=S) groups is 1. The molecular weight excluding hydrogens is 344 g/mol. The zero-order valence-electron chi connectivity index (χ0n) is 13.2. The molecule has 1 amide bonds. The molecule has 3 N–H and O–H groups in total. The predicted octanol–water partition coefficient (Wildman–Crippen LogP) is 2.55. The average Bonchev–Trinajstić information content (AvgIpc) is 3.04. The SMILES string of the molecule is Cc1cc(C(=O)O)ccc1NC(=S)NC(=O)c1ccc2c(c1)OCO2. The number of amides is 1. The largest absolute Gasteiger partial charge is 0.478 e. The van der Waals surface area contributed by atoms with Crippen molar-refractivity contribution in [2.24, 2.45) is 0 Å². The van der Waals surface area contributed by atoms with E-state index in [4.69, 9.17) is 26.8 Å². The minimum Gasteiger partial charge on any atom is -0.478 e. The van der Waals surface area contributed by atoms with Gasteiger partial charge in [0, 0.05) is 11.3 Å². The van der Waals surface area contributed by atoms with Crippen LogP contribution in [0.5, 0.6) is 11.5 Å². The highest BCUT2D eigenvalue weighted by Crippen LogP contribution is 2.32. The van der Waals surface area contributed by atoms with Gasteiger partial charge in [0.05, 0.1) is 5.56 Å². The summed E-state index contributed by atoms with van der Waals surface area (Å²) in [6.45, 7) is 1.88. The van der Waals surface area contributed by atoms with E-state index < -0.39 is 11.9 Å². The topological polar surface area (TPSA) is 96.9 Å². The van der Waals surface area contributed by atoms with Crippen LogP contribution in [0.15, 0.2) is 36.4 Å². The number of aryl methyl sites for hydroxylation is 1. The number of hydrogen-bond donors (Lipinski definition) is 3. The molecule has 0 saturated heterocycles. The second kappa shape index (κ2) is 6.78. The number of carbonyl (C=O) groups excluding carboxylic acids is 1. The summed E-state index contributed by atoms with van der Waals surface area (Å²) in [4.78, 5) is 23.2. The van der Waals surface area contributed by atoms with Crippen molar-refractivity contribution in [2.75, 3.05) is 12.1 Å².